The van der Waals surface area contributed by atoms with Crippen LogP contribution < -0.4 is 10.8 Å². The quantitative estimate of drug-likeness (QED) is 0.469. The smallest absolute Gasteiger partial charge is 0.445 e. The molecule has 0 atom stereocenters. The minimum atomic E-state index is -0.438. The molecule has 1 N–H and O–H groups in total. The van der Waals surface area contributed by atoms with E-state index in [9.17, 15) is 4.79 Å². The first kappa shape index (κ1) is 22.0. The average Bonchev–Trinajstić information content (AvgIpc) is 2.94. The van der Waals surface area contributed by atoms with E-state index in [4.69, 9.17) is 14.0 Å². The Morgan fingerprint density at radius 2 is 1.63 bits per heavy atom. The number of alkyl carbamates (subject to hydrolysis) is 1. The predicted octanol–water partition coefficient (Wildman–Crippen LogP) is 3.65. The zero-order valence-corrected chi connectivity index (χ0v) is 18.0. The standard InChI is InChI=1S/C24H28BNO4/c1-23(2)24(3,4)30-25(29-23)21-15-13-19(14-16-21)10-8-9-17-26-22(27)28-18-20-11-6-5-7-12-20/h5-7,11-16H,9,17-18H2,1-4H3,(H,26,27). The molecule has 6 heteroatoms. The Labute approximate surface area is 179 Å². The molecule has 1 aliphatic rings. The summed E-state index contributed by atoms with van der Waals surface area (Å²) in [5.74, 6) is 6.17. The maximum atomic E-state index is 11.7. The van der Waals surface area contributed by atoms with E-state index in [0.717, 1.165) is 16.6 Å². The molecule has 1 amide bonds. The lowest BCUT2D eigenvalue weighted by atomic mass is 9.79. The van der Waals surface area contributed by atoms with E-state index >= 15 is 0 Å². The van der Waals surface area contributed by atoms with Crippen molar-refractivity contribution in [3.05, 3.63) is 65.7 Å². The minimum absolute atomic E-state index is 0.257. The molecular weight excluding hydrogens is 377 g/mol. The van der Waals surface area contributed by atoms with Crippen LogP contribution in [0.4, 0.5) is 4.79 Å². The monoisotopic (exact) mass is 405 g/mol. The van der Waals surface area contributed by atoms with Crippen molar-refractivity contribution in [2.24, 2.45) is 0 Å². The van der Waals surface area contributed by atoms with Crippen LogP contribution in [0.5, 0.6) is 0 Å². The summed E-state index contributed by atoms with van der Waals surface area (Å²) in [6.07, 6.45) is 0.104. The largest absolute Gasteiger partial charge is 0.494 e. The van der Waals surface area contributed by atoms with Gasteiger partial charge in [-0.3, -0.25) is 0 Å². The first-order chi connectivity index (χ1) is 14.3. The molecule has 1 heterocycles. The van der Waals surface area contributed by atoms with E-state index in [0.29, 0.717) is 13.0 Å². The Morgan fingerprint density at radius 1 is 1.00 bits per heavy atom. The van der Waals surface area contributed by atoms with Crippen LogP contribution in [0.15, 0.2) is 54.6 Å². The van der Waals surface area contributed by atoms with E-state index in [-0.39, 0.29) is 24.9 Å². The van der Waals surface area contributed by atoms with Crippen molar-refractivity contribution in [1.29, 1.82) is 0 Å². The van der Waals surface area contributed by atoms with Crippen molar-refractivity contribution >= 4 is 18.7 Å². The molecule has 1 saturated heterocycles. The maximum Gasteiger partial charge on any atom is 0.494 e. The number of rotatable bonds is 5. The van der Waals surface area contributed by atoms with E-state index in [1.165, 1.54) is 0 Å². The SMILES string of the molecule is CC1(C)OB(c2ccc(C#CCCNC(=O)OCc3ccccc3)cc2)OC1(C)C. The number of hydrogen-bond donors (Lipinski definition) is 1. The summed E-state index contributed by atoms with van der Waals surface area (Å²) in [5.41, 5.74) is 2.12. The highest BCUT2D eigenvalue weighted by molar-refractivity contribution is 6.62. The third kappa shape index (κ3) is 5.66. The van der Waals surface area contributed by atoms with Gasteiger partial charge in [0.15, 0.2) is 0 Å². The van der Waals surface area contributed by atoms with Crippen molar-refractivity contribution in [3.8, 4) is 11.8 Å². The first-order valence-corrected chi connectivity index (χ1v) is 10.2. The zero-order valence-electron chi connectivity index (χ0n) is 18.0. The fourth-order valence-electron chi connectivity index (χ4n) is 2.87. The van der Waals surface area contributed by atoms with Gasteiger partial charge in [0.2, 0.25) is 0 Å². The third-order valence-corrected chi connectivity index (χ3v) is 5.40. The van der Waals surface area contributed by atoms with Gasteiger partial charge in [-0.25, -0.2) is 4.79 Å². The topological polar surface area (TPSA) is 56.8 Å². The molecule has 0 bridgehead atoms. The normalized spacial score (nSPS) is 16.5. The summed E-state index contributed by atoms with van der Waals surface area (Å²) in [6.45, 7) is 8.85. The van der Waals surface area contributed by atoms with Crippen LogP contribution in [-0.2, 0) is 20.7 Å². The van der Waals surface area contributed by atoms with Crippen molar-refractivity contribution in [2.45, 2.75) is 51.9 Å². The lowest BCUT2D eigenvalue weighted by Gasteiger charge is -2.32. The second-order valence-corrected chi connectivity index (χ2v) is 8.25. The van der Waals surface area contributed by atoms with Crippen molar-refractivity contribution in [2.75, 3.05) is 6.54 Å². The highest BCUT2D eigenvalue weighted by atomic mass is 16.7. The van der Waals surface area contributed by atoms with E-state index < -0.39 is 6.09 Å². The summed E-state index contributed by atoms with van der Waals surface area (Å²) < 4.78 is 17.3. The van der Waals surface area contributed by atoms with Gasteiger partial charge in [0.25, 0.3) is 0 Å². The van der Waals surface area contributed by atoms with Gasteiger partial charge >= 0.3 is 13.2 Å². The second-order valence-electron chi connectivity index (χ2n) is 8.25. The Hall–Kier alpha value is -2.75. The third-order valence-electron chi connectivity index (χ3n) is 5.40. The molecule has 1 aliphatic heterocycles. The molecule has 0 radical (unpaired) electrons. The van der Waals surface area contributed by atoms with Crippen molar-refractivity contribution < 1.29 is 18.8 Å². The van der Waals surface area contributed by atoms with Gasteiger partial charge < -0.3 is 19.4 Å². The number of benzene rings is 2. The molecule has 5 nitrogen and oxygen atoms in total. The molecule has 0 spiro atoms. The minimum Gasteiger partial charge on any atom is -0.445 e. The highest BCUT2D eigenvalue weighted by Crippen LogP contribution is 2.36. The van der Waals surface area contributed by atoms with Gasteiger partial charge in [-0.2, -0.15) is 0 Å². The van der Waals surface area contributed by atoms with Gasteiger partial charge in [-0.05, 0) is 50.9 Å². The highest BCUT2D eigenvalue weighted by Gasteiger charge is 2.51. The number of carbonyl (C=O) groups excluding carboxylic acids is 1. The summed E-state index contributed by atoms with van der Waals surface area (Å²) in [7, 11) is -0.372. The second kappa shape index (κ2) is 9.38. The Morgan fingerprint density at radius 3 is 2.27 bits per heavy atom. The fraction of sp³-hybridized carbons (Fsp3) is 0.375. The van der Waals surface area contributed by atoms with Crippen LogP contribution in [0.1, 0.15) is 45.2 Å². The van der Waals surface area contributed by atoms with Crippen LogP contribution in [0.2, 0.25) is 0 Å². The van der Waals surface area contributed by atoms with E-state index in [1.54, 1.807) is 0 Å². The molecular formula is C24H28BNO4. The molecule has 2 aromatic carbocycles. The molecule has 156 valence electrons. The average molecular weight is 405 g/mol. The van der Waals surface area contributed by atoms with Crippen molar-refractivity contribution in [3.63, 3.8) is 0 Å². The molecule has 0 saturated carbocycles. The van der Waals surface area contributed by atoms with Crippen LogP contribution in [-0.4, -0.2) is 31.0 Å². The van der Waals surface area contributed by atoms with Gasteiger partial charge in [0, 0.05) is 18.5 Å². The summed E-state index contributed by atoms with van der Waals surface area (Å²) in [6, 6.07) is 17.4. The van der Waals surface area contributed by atoms with Gasteiger partial charge in [0.1, 0.15) is 6.61 Å². The number of ether oxygens (including phenoxy) is 1. The van der Waals surface area contributed by atoms with E-state index in [2.05, 4.69) is 17.2 Å². The molecule has 30 heavy (non-hydrogen) atoms. The molecule has 0 unspecified atom stereocenters. The van der Waals surface area contributed by atoms with Crippen LogP contribution in [0.3, 0.4) is 0 Å². The molecule has 0 aliphatic carbocycles. The van der Waals surface area contributed by atoms with Crippen molar-refractivity contribution in [1.82, 2.24) is 5.32 Å². The Balaban J connectivity index is 1.41. The lowest BCUT2D eigenvalue weighted by molar-refractivity contribution is 0.00578. The maximum absolute atomic E-state index is 11.7. The number of hydrogen-bond acceptors (Lipinski definition) is 4. The molecule has 1 fully saturated rings. The van der Waals surface area contributed by atoms with Crippen LogP contribution in [0.25, 0.3) is 0 Å². The summed E-state index contributed by atoms with van der Waals surface area (Å²) >= 11 is 0. The number of amides is 1. The Kier molecular flexibility index (Phi) is 6.86. The van der Waals surface area contributed by atoms with Gasteiger partial charge in [-0.15, -0.1) is 0 Å². The molecule has 0 aromatic heterocycles. The number of carbonyl (C=O) groups is 1. The summed E-state index contributed by atoms with van der Waals surface area (Å²) in [4.78, 5) is 11.7. The van der Waals surface area contributed by atoms with E-state index in [1.807, 2.05) is 82.3 Å². The fourth-order valence-corrected chi connectivity index (χ4v) is 2.87. The Bertz CT molecular complexity index is 898. The molecule has 2 aromatic rings. The van der Waals surface area contributed by atoms with Crippen LogP contribution >= 0.6 is 0 Å². The van der Waals surface area contributed by atoms with Gasteiger partial charge in [-0.1, -0.05) is 54.3 Å². The van der Waals surface area contributed by atoms with Gasteiger partial charge in [0.05, 0.1) is 11.2 Å². The zero-order chi connectivity index (χ0) is 21.6. The summed E-state index contributed by atoms with van der Waals surface area (Å²) in [5, 5.41) is 2.70. The lowest BCUT2D eigenvalue weighted by Crippen LogP contribution is -2.41. The number of nitrogens with one attached hydrogen (secondary N) is 1. The van der Waals surface area contributed by atoms with Crippen LogP contribution in [0, 0.1) is 11.8 Å². The predicted molar refractivity (Wildman–Crippen MR) is 118 cm³/mol. The molecule has 3 rings (SSSR count). The first-order valence-electron chi connectivity index (χ1n) is 10.2.